The number of rotatable bonds is 4. The molecule has 8 heteroatoms. The third kappa shape index (κ3) is 3.85. The zero-order valence-corrected chi connectivity index (χ0v) is 12.9. The first-order valence-electron chi connectivity index (χ1n) is 7.34. The van der Waals surface area contributed by atoms with Gasteiger partial charge in [0.05, 0.1) is 11.1 Å². The van der Waals surface area contributed by atoms with Gasteiger partial charge in [-0.05, 0) is 35.9 Å². The molecule has 0 fully saturated rings. The molecule has 0 aliphatic rings. The van der Waals surface area contributed by atoms with Gasteiger partial charge in [0.1, 0.15) is 0 Å². The molecule has 0 aliphatic heterocycles. The molecule has 0 aliphatic carbocycles. The van der Waals surface area contributed by atoms with E-state index in [4.69, 9.17) is 0 Å². The maximum Gasteiger partial charge on any atom is 0.417 e. The van der Waals surface area contributed by atoms with Gasteiger partial charge >= 0.3 is 6.18 Å². The normalized spacial score (nSPS) is 11.3. The van der Waals surface area contributed by atoms with Crippen molar-refractivity contribution in [1.82, 2.24) is 20.1 Å². The SMILES string of the molecule is O=C(NCc1ccnc(-n2cccn2)c1)c1ccccc1C(F)(F)F. The number of aromatic nitrogens is 3. The highest BCUT2D eigenvalue weighted by Crippen LogP contribution is 2.31. The summed E-state index contributed by atoms with van der Waals surface area (Å²) in [7, 11) is 0. The number of hydrogen-bond acceptors (Lipinski definition) is 3. The van der Waals surface area contributed by atoms with Crippen molar-refractivity contribution in [2.24, 2.45) is 0 Å². The first-order valence-corrected chi connectivity index (χ1v) is 7.34. The van der Waals surface area contributed by atoms with E-state index in [0.29, 0.717) is 11.4 Å². The molecule has 1 amide bonds. The third-order valence-electron chi connectivity index (χ3n) is 3.48. The third-order valence-corrected chi connectivity index (χ3v) is 3.48. The number of nitrogens with zero attached hydrogens (tertiary/aromatic N) is 3. The summed E-state index contributed by atoms with van der Waals surface area (Å²) in [5.74, 6) is -0.238. The van der Waals surface area contributed by atoms with Gasteiger partial charge in [0, 0.05) is 25.1 Å². The predicted octanol–water partition coefficient (Wildman–Crippen LogP) is 3.22. The van der Waals surface area contributed by atoms with Crippen molar-refractivity contribution in [1.29, 1.82) is 0 Å². The van der Waals surface area contributed by atoms with Crippen LogP contribution >= 0.6 is 0 Å². The Morgan fingerprint density at radius 1 is 1.12 bits per heavy atom. The number of hydrogen-bond donors (Lipinski definition) is 1. The Morgan fingerprint density at radius 2 is 1.92 bits per heavy atom. The van der Waals surface area contributed by atoms with Gasteiger partial charge < -0.3 is 5.32 Å². The van der Waals surface area contributed by atoms with E-state index in [1.807, 2.05) is 0 Å². The molecule has 25 heavy (non-hydrogen) atoms. The van der Waals surface area contributed by atoms with Gasteiger partial charge in [-0.1, -0.05) is 12.1 Å². The van der Waals surface area contributed by atoms with Crippen LogP contribution in [0.25, 0.3) is 5.82 Å². The number of benzene rings is 1. The number of carbonyl (C=O) groups excluding carboxylic acids is 1. The van der Waals surface area contributed by atoms with Crippen LogP contribution in [0, 0.1) is 0 Å². The van der Waals surface area contributed by atoms with Crippen molar-refractivity contribution in [2.45, 2.75) is 12.7 Å². The van der Waals surface area contributed by atoms with E-state index < -0.39 is 23.2 Å². The van der Waals surface area contributed by atoms with Crippen LogP contribution in [0.5, 0.6) is 0 Å². The highest BCUT2D eigenvalue weighted by atomic mass is 19.4. The molecular weight excluding hydrogens is 333 g/mol. The lowest BCUT2D eigenvalue weighted by Crippen LogP contribution is -2.26. The van der Waals surface area contributed by atoms with E-state index in [1.54, 1.807) is 41.5 Å². The summed E-state index contributed by atoms with van der Waals surface area (Å²) < 4.78 is 40.5. The number of alkyl halides is 3. The molecule has 0 unspecified atom stereocenters. The lowest BCUT2D eigenvalue weighted by Gasteiger charge is -2.13. The molecule has 128 valence electrons. The minimum absolute atomic E-state index is 0.0712. The number of carbonyl (C=O) groups is 1. The topological polar surface area (TPSA) is 59.8 Å². The number of nitrogens with one attached hydrogen (secondary N) is 1. The van der Waals surface area contributed by atoms with Crippen LogP contribution in [-0.2, 0) is 12.7 Å². The maximum atomic E-state index is 13.0. The summed E-state index contributed by atoms with van der Waals surface area (Å²) in [6, 6.07) is 9.79. The first-order chi connectivity index (χ1) is 11.9. The zero-order chi connectivity index (χ0) is 17.9. The van der Waals surface area contributed by atoms with Crippen molar-refractivity contribution in [3.8, 4) is 5.82 Å². The molecule has 2 heterocycles. The largest absolute Gasteiger partial charge is 0.417 e. The molecule has 0 saturated carbocycles. The number of halogens is 3. The smallest absolute Gasteiger partial charge is 0.348 e. The zero-order valence-electron chi connectivity index (χ0n) is 12.9. The molecule has 0 atom stereocenters. The van der Waals surface area contributed by atoms with Crippen molar-refractivity contribution in [3.63, 3.8) is 0 Å². The minimum Gasteiger partial charge on any atom is -0.348 e. The van der Waals surface area contributed by atoms with E-state index in [-0.39, 0.29) is 6.54 Å². The molecular formula is C17H13F3N4O. The lowest BCUT2D eigenvalue weighted by atomic mass is 10.1. The standard InChI is InChI=1S/C17H13F3N4O/c18-17(19,20)14-5-2-1-4-13(14)16(25)22-11-12-6-8-21-15(10-12)24-9-3-7-23-24/h1-10H,11H2,(H,22,25). The van der Waals surface area contributed by atoms with Gasteiger partial charge in [-0.2, -0.15) is 18.3 Å². The van der Waals surface area contributed by atoms with E-state index in [2.05, 4.69) is 15.4 Å². The first kappa shape index (κ1) is 16.7. The Bertz CT molecular complexity index is 876. The Morgan fingerprint density at radius 3 is 2.64 bits per heavy atom. The summed E-state index contributed by atoms with van der Waals surface area (Å²) in [6.45, 7) is 0.0712. The fraction of sp³-hybridized carbons (Fsp3) is 0.118. The summed E-state index contributed by atoms with van der Waals surface area (Å²) in [6.07, 6.45) is 0.272. The van der Waals surface area contributed by atoms with Crippen molar-refractivity contribution in [2.75, 3.05) is 0 Å². The van der Waals surface area contributed by atoms with Gasteiger partial charge in [0.2, 0.25) is 0 Å². The quantitative estimate of drug-likeness (QED) is 0.789. The van der Waals surface area contributed by atoms with Crippen LogP contribution in [0.4, 0.5) is 13.2 Å². The van der Waals surface area contributed by atoms with Gasteiger partial charge in [-0.3, -0.25) is 4.79 Å². The lowest BCUT2D eigenvalue weighted by molar-refractivity contribution is -0.137. The molecule has 1 N–H and O–H groups in total. The Balaban J connectivity index is 1.75. The highest BCUT2D eigenvalue weighted by Gasteiger charge is 2.34. The second kappa shape index (κ2) is 6.76. The van der Waals surface area contributed by atoms with Gasteiger partial charge in [0.15, 0.2) is 5.82 Å². The molecule has 0 saturated heterocycles. The minimum atomic E-state index is -4.59. The molecule has 0 bridgehead atoms. The second-order valence-electron chi connectivity index (χ2n) is 5.20. The average Bonchev–Trinajstić information content (AvgIpc) is 3.14. The van der Waals surface area contributed by atoms with Gasteiger partial charge in [0.25, 0.3) is 5.91 Å². The highest BCUT2D eigenvalue weighted by molar-refractivity contribution is 5.95. The summed E-state index contributed by atoms with van der Waals surface area (Å²) in [4.78, 5) is 16.3. The molecule has 5 nitrogen and oxygen atoms in total. The van der Waals surface area contributed by atoms with Crippen LogP contribution in [0.3, 0.4) is 0 Å². The molecule has 0 radical (unpaired) electrons. The van der Waals surface area contributed by atoms with Crippen molar-refractivity contribution < 1.29 is 18.0 Å². The van der Waals surface area contributed by atoms with Crippen LogP contribution in [-0.4, -0.2) is 20.7 Å². The molecule has 0 spiro atoms. The Hall–Kier alpha value is -3.16. The van der Waals surface area contributed by atoms with Gasteiger partial charge in [-0.25, -0.2) is 9.67 Å². The fourth-order valence-electron chi connectivity index (χ4n) is 2.31. The number of pyridine rings is 1. The molecule has 2 aromatic heterocycles. The van der Waals surface area contributed by atoms with Crippen LogP contribution in [0.15, 0.2) is 61.1 Å². The van der Waals surface area contributed by atoms with Crippen LogP contribution < -0.4 is 5.32 Å². The van der Waals surface area contributed by atoms with E-state index >= 15 is 0 Å². The Kier molecular flexibility index (Phi) is 4.51. The average molecular weight is 346 g/mol. The molecule has 1 aromatic carbocycles. The maximum absolute atomic E-state index is 13.0. The van der Waals surface area contributed by atoms with E-state index in [0.717, 1.165) is 12.1 Å². The monoisotopic (exact) mass is 346 g/mol. The summed E-state index contributed by atoms with van der Waals surface area (Å²) >= 11 is 0. The van der Waals surface area contributed by atoms with E-state index in [1.165, 1.54) is 12.1 Å². The number of amides is 1. The van der Waals surface area contributed by atoms with Crippen LogP contribution in [0.1, 0.15) is 21.5 Å². The fourth-order valence-corrected chi connectivity index (χ4v) is 2.31. The molecule has 3 aromatic rings. The van der Waals surface area contributed by atoms with Crippen molar-refractivity contribution in [3.05, 3.63) is 77.7 Å². The Labute approximate surface area is 141 Å². The molecule has 3 rings (SSSR count). The summed E-state index contributed by atoms with van der Waals surface area (Å²) in [5, 5.41) is 6.55. The summed E-state index contributed by atoms with van der Waals surface area (Å²) in [5.41, 5.74) is -0.672. The van der Waals surface area contributed by atoms with Crippen LogP contribution in [0.2, 0.25) is 0 Å². The second-order valence-corrected chi connectivity index (χ2v) is 5.20. The van der Waals surface area contributed by atoms with E-state index in [9.17, 15) is 18.0 Å². The predicted molar refractivity (Wildman–Crippen MR) is 84.0 cm³/mol. The van der Waals surface area contributed by atoms with Crippen molar-refractivity contribution >= 4 is 5.91 Å². The van der Waals surface area contributed by atoms with Gasteiger partial charge in [-0.15, -0.1) is 0 Å².